The highest BCUT2D eigenvalue weighted by Gasteiger charge is 2.27. The van der Waals surface area contributed by atoms with Gasteiger partial charge in [0.2, 0.25) is 10.0 Å². The Balaban J connectivity index is 2.22. The van der Waals surface area contributed by atoms with Gasteiger partial charge in [0, 0.05) is 17.9 Å². The molecule has 1 aliphatic carbocycles. The predicted molar refractivity (Wildman–Crippen MR) is 77.3 cm³/mol. The fourth-order valence-electron chi connectivity index (χ4n) is 2.29. The van der Waals surface area contributed by atoms with Crippen LogP contribution in [0.4, 0.5) is 11.4 Å². The number of rotatable bonds is 5. The largest absolute Gasteiger partial charge is 0.399 e. The first-order valence-corrected chi connectivity index (χ1v) is 8.00. The summed E-state index contributed by atoms with van der Waals surface area (Å²) in [5.74, 6) is 1.38. The highest BCUT2D eigenvalue weighted by Crippen LogP contribution is 2.37. The normalized spacial score (nSPS) is 17.2. The number of benzene rings is 1. The summed E-state index contributed by atoms with van der Waals surface area (Å²) in [6.45, 7) is 4.76. The van der Waals surface area contributed by atoms with Gasteiger partial charge in [0.05, 0.1) is 4.90 Å². The van der Waals surface area contributed by atoms with Crippen LogP contribution in [0.1, 0.15) is 25.3 Å². The molecule has 2 rings (SSSR count). The Kier molecular flexibility index (Phi) is 3.73. The standard InChI is InChI=1S/C13H21N3O2S/c1-8(10-3-4-10)7-16-12-5-11(14)6-13(9(12)2)19(15,17)18/h5-6,8,10,16H,3-4,7,14H2,1-2H3,(H2,15,17,18). The van der Waals surface area contributed by atoms with Crippen molar-refractivity contribution in [1.82, 2.24) is 0 Å². The summed E-state index contributed by atoms with van der Waals surface area (Å²) in [6.07, 6.45) is 2.59. The van der Waals surface area contributed by atoms with Crippen LogP contribution in [0.5, 0.6) is 0 Å². The van der Waals surface area contributed by atoms with Crippen LogP contribution in [-0.4, -0.2) is 15.0 Å². The van der Waals surface area contributed by atoms with Crippen molar-refractivity contribution in [2.75, 3.05) is 17.6 Å². The molecule has 6 heteroatoms. The molecule has 1 aromatic rings. The quantitative estimate of drug-likeness (QED) is 0.716. The Hall–Kier alpha value is -1.27. The molecule has 0 amide bonds. The Morgan fingerprint density at radius 2 is 2.05 bits per heavy atom. The highest BCUT2D eigenvalue weighted by atomic mass is 32.2. The molecule has 1 atom stereocenters. The van der Waals surface area contributed by atoms with Crippen LogP contribution in [-0.2, 0) is 10.0 Å². The maximum Gasteiger partial charge on any atom is 0.238 e. The zero-order valence-electron chi connectivity index (χ0n) is 11.3. The molecule has 0 aromatic heterocycles. The van der Waals surface area contributed by atoms with E-state index in [1.165, 1.54) is 18.9 Å². The fraction of sp³-hybridized carbons (Fsp3) is 0.538. The fourth-order valence-corrected chi connectivity index (χ4v) is 3.13. The van der Waals surface area contributed by atoms with Gasteiger partial charge < -0.3 is 11.1 Å². The van der Waals surface area contributed by atoms with E-state index in [1.807, 2.05) is 0 Å². The van der Waals surface area contributed by atoms with Gasteiger partial charge in [-0.3, -0.25) is 0 Å². The average molecular weight is 283 g/mol. The second-order valence-electron chi connectivity index (χ2n) is 5.43. The smallest absolute Gasteiger partial charge is 0.238 e. The van der Waals surface area contributed by atoms with Gasteiger partial charge >= 0.3 is 0 Å². The molecular formula is C13H21N3O2S. The zero-order chi connectivity index (χ0) is 14.2. The summed E-state index contributed by atoms with van der Waals surface area (Å²) in [6, 6.07) is 3.16. The lowest BCUT2D eigenvalue weighted by atomic mass is 10.1. The molecule has 0 radical (unpaired) electrons. The second-order valence-corrected chi connectivity index (χ2v) is 6.96. The number of primary sulfonamides is 1. The number of nitrogens with one attached hydrogen (secondary N) is 1. The molecule has 0 aliphatic heterocycles. The molecule has 1 aromatic carbocycles. The second kappa shape index (κ2) is 5.02. The van der Waals surface area contributed by atoms with Gasteiger partial charge in [0.25, 0.3) is 0 Å². The van der Waals surface area contributed by atoms with Crippen LogP contribution in [0, 0.1) is 18.8 Å². The molecular weight excluding hydrogens is 262 g/mol. The number of hydrogen-bond donors (Lipinski definition) is 3. The molecule has 0 saturated heterocycles. The van der Waals surface area contributed by atoms with Crippen LogP contribution in [0.15, 0.2) is 17.0 Å². The maximum absolute atomic E-state index is 11.5. The molecule has 1 unspecified atom stereocenters. The van der Waals surface area contributed by atoms with Crippen LogP contribution < -0.4 is 16.2 Å². The first-order valence-electron chi connectivity index (χ1n) is 6.46. The third-order valence-electron chi connectivity index (χ3n) is 3.73. The number of nitrogen functional groups attached to an aromatic ring is 1. The molecule has 106 valence electrons. The van der Waals surface area contributed by atoms with Crippen LogP contribution in [0.3, 0.4) is 0 Å². The van der Waals surface area contributed by atoms with E-state index in [4.69, 9.17) is 10.9 Å². The third kappa shape index (κ3) is 3.39. The van der Waals surface area contributed by atoms with E-state index in [0.29, 0.717) is 17.2 Å². The molecule has 0 bridgehead atoms. The Morgan fingerprint density at radius 1 is 1.42 bits per heavy atom. The van der Waals surface area contributed by atoms with Gasteiger partial charge in [-0.15, -0.1) is 0 Å². The molecule has 19 heavy (non-hydrogen) atoms. The van der Waals surface area contributed by atoms with Crippen molar-refractivity contribution in [2.45, 2.75) is 31.6 Å². The molecule has 1 saturated carbocycles. The number of hydrogen-bond acceptors (Lipinski definition) is 4. The number of anilines is 2. The monoisotopic (exact) mass is 283 g/mol. The van der Waals surface area contributed by atoms with Crippen molar-refractivity contribution < 1.29 is 8.42 Å². The van der Waals surface area contributed by atoms with Crippen molar-refractivity contribution in [3.05, 3.63) is 17.7 Å². The number of sulfonamides is 1. The molecule has 5 N–H and O–H groups in total. The van der Waals surface area contributed by atoms with E-state index in [2.05, 4.69) is 12.2 Å². The van der Waals surface area contributed by atoms with Crippen molar-refractivity contribution >= 4 is 21.4 Å². The lowest BCUT2D eigenvalue weighted by Gasteiger charge is -2.16. The van der Waals surface area contributed by atoms with Gasteiger partial charge in [0.1, 0.15) is 0 Å². The van der Waals surface area contributed by atoms with Crippen molar-refractivity contribution in [3.8, 4) is 0 Å². The summed E-state index contributed by atoms with van der Waals surface area (Å²) in [5, 5.41) is 8.49. The summed E-state index contributed by atoms with van der Waals surface area (Å²) >= 11 is 0. The van der Waals surface area contributed by atoms with E-state index < -0.39 is 10.0 Å². The van der Waals surface area contributed by atoms with Gasteiger partial charge in [0.15, 0.2) is 0 Å². The average Bonchev–Trinajstić information content (AvgIpc) is 3.11. The third-order valence-corrected chi connectivity index (χ3v) is 4.77. The van der Waals surface area contributed by atoms with Gasteiger partial charge in [-0.25, -0.2) is 13.6 Å². The lowest BCUT2D eigenvalue weighted by Crippen LogP contribution is -2.17. The SMILES string of the molecule is Cc1c(NCC(C)C2CC2)cc(N)cc1S(N)(=O)=O. The summed E-state index contributed by atoms with van der Waals surface area (Å²) in [4.78, 5) is 0.0917. The minimum atomic E-state index is -3.74. The van der Waals surface area contributed by atoms with E-state index in [-0.39, 0.29) is 4.90 Å². The molecule has 1 fully saturated rings. The Labute approximate surface area is 114 Å². The van der Waals surface area contributed by atoms with Gasteiger partial charge in [-0.2, -0.15) is 0 Å². The summed E-state index contributed by atoms with van der Waals surface area (Å²) in [5.41, 5.74) is 7.51. The molecule has 1 aliphatic rings. The van der Waals surface area contributed by atoms with Crippen LogP contribution in [0.25, 0.3) is 0 Å². The maximum atomic E-state index is 11.5. The summed E-state index contributed by atoms with van der Waals surface area (Å²) in [7, 11) is -3.74. The summed E-state index contributed by atoms with van der Waals surface area (Å²) < 4.78 is 23.0. The minimum absolute atomic E-state index is 0.0917. The first-order chi connectivity index (χ1) is 8.79. The van der Waals surface area contributed by atoms with E-state index in [1.54, 1.807) is 13.0 Å². The van der Waals surface area contributed by atoms with E-state index >= 15 is 0 Å². The van der Waals surface area contributed by atoms with Crippen molar-refractivity contribution in [3.63, 3.8) is 0 Å². The Bertz CT molecular complexity index is 580. The molecule has 5 nitrogen and oxygen atoms in total. The van der Waals surface area contributed by atoms with E-state index in [9.17, 15) is 8.42 Å². The van der Waals surface area contributed by atoms with Crippen molar-refractivity contribution in [1.29, 1.82) is 0 Å². The minimum Gasteiger partial charge on any atom is -0.399 e. The molecule has 0 heterocycles. The Morgan fingerprint density at radius 3 is 2.58 bits per heavy atom. The van der Waals surface area contributed by atoms with Gasteiger partial charge in [-0.1, -0.05) is 6.92 Å². The highest BCUT2D eigenvalue weighted by molar-refractivity contribution is 7.89. The lowest BCUT2D eigenvalue weighted by molar-refractivity contribution is 0.536. The van der Waals surface area contributed by atoms with E-state index in [0.717, 1.165) is 18.2 Å². The topological polar surface area (TPSA) is 98.2 Å². The zero-order valence-corrected chi connectivity index (χ0v) is 12.1. The molecule has 0 spiro atoms. The predicted octanol–water partition coefficient (Wildman–Crippen LogP) is 1.68. The van der Waals surface area contributed by atoms with Crippen LogP contribution in [0.2, 0.25) is 0 Å². The van der Waals surface area contributed by atoms with Crippen molar-refractivity contribution in [2.24, 2.45) is 17.0 Å². The number of nitrogens with two attached hydrogens (primary N) is 2. The first kappa shape index (κ1) is 14.1. The van der Waals surface area contributed by atoms with Gasteiger partial charge in [-0.05, 0) is 49.3 Å². The van der Waals surface area contributed by atoms with Crippen LogP contribution >= 0.6 is 0 Å².